The summed E-state index contributed by atoms with van der Waals surface area (Å²) in [6.07, 6.45) is 1.62. The number of aliphatic carboxylic acids is 1. The molecule has 20 heavy (non-hydrogen) atoms. The number of rotatable bonds is 2. The van der Waals surface area contributed by atoms with Crippen LogP contribution in [0.4, 0.5) is 0 Å². The van der Waals surface area contributed by atoms with Crippen molar-refractivity contribution in [3.63, 3.8) is 0 Å². The lowest BCUT2D eigenvalue weighted by Gasteiger charge is -2.37. The minimum Gasteiger partial charge on any atom is -0.480 e. The van der Waals surface area contributed by atoms with Crippen LogP contribution in [0.25, 0.3) is 0 Å². The number of amides is 1. The first-order valence-electron chi connectivity index (χ1n) is 6.41. The zero-order valence-corrected chi connectivity index (χ0v) is 13.3. The molecule has 4 nitrogen and oxygen atoms in total. The summed E-state index contributed by atoms with van der Waals surface area (Å²) >= 11 is 9.40. The Kier molecular flexibility index (Phi) is 4.70. The van der Waals surface area contributed by atoms with Gasteiger partial charge in [0.1, 0.15) is 6.04 Å². The van der Waals surface area contributed by atoms with Gasteiger partial charge in [-0.1, -0.05) is 24.6 Å². The summed E-state index contributed by atoms with van der Waals surface area (Å²) in [6.45, 7) is 2.31. The lowest BCUT2D eigenvalue weighted by atomic mass is 9.90. The number of benzene rings is 1. The molecule has 1 fully saturated rings. The van der Waals surface area contributed by atoms with E-state index >= 15 is 0 Å². The molecule has 108 valence electrons. The molecular formula is C14H15BrClNO3. The fourth-order valence-corrected chi connectivity index (χ4v) is 3.19. The summed E-state index contributed by atoms with van der Waals surface area (Å²) in [5.41, 5.74) is 0.335. The fourth-order valence-electron chi connectivity index (χ4n) is 2.62. The van der Waals surface area contributed by atoms with Crippen molar-refractivity contribution in [2.75, 3.05) is 6.54 Å². The molecule has 1 aromatic rings. The van der Waals surface area contributed by atoms with Crippen molar-refractivity contribution in [3.05, 3.63) is 33.3 Å². The standard InChI is InChI=1S/C14H15BrClNO3/c1-8-4-3-7-17(12(8)14(19)20)13(18)9-5-2-6-10(15)11(9)16/h2,5-6,8,12H,3-4,7H2,1H3,(H,19,20). The molecule has 1 saturated heterocycles. The van der Waals surface area contributed by atoms with E-state index in [1.54, 1.807) is 18.2 Å². The van der Waals surface area contributed by atoms with Gasteiger partial charge in [0.05, 0.1) is 10.6 Å². The minimum atomic E-state index is -0.961. The van der Waals surface area contributed by atoms with Crippen LogP contribution in [0.5, 0.6) is 0 Å². The molecule has 0 aliphatic carbocycles. The van der Waals surface area contributed by atoms with Gasteiger partial charge in [-0.05, 0) is 46.8 Å². The predicted molar refractivity (Wildman–Crippen MR) is 80.0 cm³/mol. The van der Waals surface area contributed by atoms with Crippen LogP contribution in [0.2, 0.25) is 5.02 Å². The average Bonchev–Trinajstić information content (AvgIpc) is 2.40. The van der Waals surface area contributed by atoms with Crippen molar-refractivity contribution in [2.24, 2.45) is 5.92 Å². The Morgan fingerprint density at radius 3 is 2.80 bits per heavy atom. The number of hydrogen-bond acceptors (Lipinski definition) is 2. The van der Waals surface area contributed by atoms with Crippen molar-refractivity contribution >= 4 is 39.4 Å². The van der Waals surface area contributed by atoms with Gasteiger partial charge in [-0.25, -0.2) is 4.79 Å². The van der Waals surface area contributed by atoms with Crippen molar-refractivity contribution in [1.29, 1.82) is 0 Å². The molecule has 1 amide bonds. The summed E-state index contributed by atoms with van der Waals surface area (Å²) in [7, 11) is 0. The summed E-state index contributed by atoms with van der Waals surface area (Å²) in [5, 5.41) is 9.68. The third-order valence-corrected chi connectivity index (χ3v) is 4.93. The molecule has 0 aromatic heterocycles. The molecule has 2 atom stereocenters. The number of piperidine rings is 1. The Bertz CT molecular complexity index is 549. The predicted octanol–water partition coefficient (Wildman–Crippen LogP) is 3.43. The molecular weight excluding hydrogens is 346 g/mol. The maximum atomic E-state index is 12.6. The maximum absolute atomic E-state index is 12.6. The van der Waals surface area contributed by atoms with Gasteiger partial charge in [-0.15, -0.1) is 0 Å². The number of carboxylic acids is 1. The summed E-state index contributed by atoms with van der Waals surface area (Å²) in [6, 6.07) is 4.29. The first-order valence-corrected chi connectivity index (χ1v) is 7.58. The second kappa shape index (κ2) is 6.14. The van der Waals surface area contributed by atoms with E-state index in [1.807, 2.05) is 6.92 Å². The zero-order chi connectivity index (χ0) is 14.9. The number of nitrogens with zero attached hydrogens (tertiary/aromatic N) is 1. The highest BCUT2D eigenvalue weighted by atomic mass is 79.9. The maximum Gasteiger partial charge on any atom is 0.326 e. The molecule has 0 saturated carbocycles. The zero-order valence-electron chi connectivity index (χ0n) is 11.0. The summed E-state index contributed by atoms with van der Waals surface area (Å²) in [4.78, 5) is 25.4. The molecule has 2 unspecified atom stereocenters. The van der Waals surface area contributed by atoms with Gasteiger partial charge in [0.2, 0.25) is 0 Å². The fraction of sp³-hybridized carbons (Fsp3) is 0.429. The van der Waals surface area contributed by atoms with Crippen LogP contribution in [-0.2, 0) is 4.79 Å². The first-order chi connectivity index (χ1) is 9.43. The van der Waals surface area contributed by atoms with Gasteiger partial charge in [-0.3, -0.25) is 4.79 Å². The van der Waals surface area contributed by atoms with E-state index in [0.29, 0.717) is 21.6 Å². The number of likely N-dealkylation sites (tertiary alicyclic amines) is 1. The Hall–Kier alpha value is -1.07. The number of carboxylic acid groups (broad SMARTS) is 1. The van der Waals surface area contributed by atoms with E-state index in [2.05, 4.69) is 15.9 Å². The van der Waals surface area contributed by atoms with E-state index in [-0.39, 0.29) is 11.8 Å². The van der Waals surface area contributed by atoms with Crippen molar-refractivity contribution in [1.82, 2.24) is 4.90 Å². The van der Waals surface area contributed by atoms with E-state index in [4.69, 9.17) is 11.6 Å². The normalized spacial score (nSPS) is 22.6. The number of hydrogen-bond donors (Lipinski definition) is 1. The van der Waals surface area contributed by atoms with Gasteiger partial charge in [0.25, 0.3) is 5.91 Å². The second-order valence-corrected chi connectivity index (χ2v) is 6.23. The highest BCUT2D eigenvalue weighted by Gasteiger charge is 2.37. The van der Waals surface area contributed by atoms with Crippen LogP contribution in [-0.4, -0.2) is 34.5 Å². The third kappa shape index (κ3) is 2.83. The summed E-state index contributed by atoms with van der Waals surface area (Å²) < 4.78 is 0.627. The molecule has 0 radical (unpaired) electrons. The largest absolute Gasteiger partial charge is 0.480 e. The lowest BCUT2D eigenvalue weighted by molar-refractivity contribution is -0.145. The molecule has 2 rings (SSSR count). The van der Waals surface area contributed by atoms with Crippen molar-refractivity contribution in [2.45, 2.75) is 25.8 Å². The SMILES string of the molecule is CC1CCCN(C(=O)c2cccc(Br)c2Cl)C1C(=O)O. The lowest BCUT2D eigenvalue weighted by Crippen LogP contribution is -2.52. The van der Waals surface area contributed by atoms with Crippen LogP contribution >= 0.6 is 27.5 Å². The molecule has 0 spiro atoms. The Labute approximate surface area is 130 Å². The quantitative estimate of drug-likeness (QED) is 0.879. The topological polar surface area (TPSA) is 57.6 Å². The molecule has 1 heterocycles. The van der Waals surface area contributed by atoms with Gasteiger partial charge >= 0.3 is 5.97 Å². The number of carbonyl (C=O) groups is 2. The van der Waals surface area contributed by atoms with Crippen molar-refractivity contribution < 1.29 is 14.7 Å². The highest BCUT2D eigenvalue weighted by Crippen LogP contribution is 2.30. The van der Waals surface area contributed by atoms with Gasteiger partial charge < -0.3 is 10.0 Å². The average molecular weight is 361 g/mol. The van der Waals surface area contributed by atoms with Crippen LogP contribution < -0.4 is 0 Å². The number of carbonyl (C=O) groups excluding carboxylic acids is 1. The van der Waals surface area contributed by atoms with Crippen LogP contribution in [0.1, 0.15) is 30.1 Å². The minimum absolute atomic E-state index is 0.0591. The van der Waals surface area contributed by atoms with E-state index in [9.17, 15) is 14.7 Å². The Morgan fingerprint density at radius 1 is 1.45 bits per heavy atom. The Morgan fingerprint density at radius 2 is 2.15 bits per heavy atom. The van der Waals surface area contributed by atoms with Crippen LogP contribution in [0, 0.1) is 5.92 Å². The van der Waals surface area contributed by atoms with Gasteiger partial charge in [0, 0.05) is 11.0 Å². The molecule has 1 N–H and O–H groups in total. The molecule has 1 aromatic carbocycles. The van der Waals surface area contributed by atoms with E-state index < -0.39 is 12.0 Å². The molecule has 6 heteroatoms. The Balaban J connectivity index is 2.35. The molecule has 0 bridgehead atoms. The van der Waals surface area contributed by atoms with Gasteiger partial charge in [0.15, 0.2) is 0 Å². The van der Waals surface area contributed by atoms with Crippen LogP contribution in [0.15, 0.2) is 22.7 Å². The monoisotopic (exact) mass is 359 g/mol. The van der Waals surface area contributed by atoms with Gasteiger partial charge in [-0.2, -0.15) is 0 Å². The van der Waals surface area contributed by atoms with E-state index in [0.717, 1.165) is 12.8 Å². The van der Waals surface area contributed by atoms with E-state index in [1.165, 1.54) is 4.90 Å². The summed E-state index contributed by atoms with van der Waals surface area (Å²) in [5.74, 6) is -1.34. The van der Waals surface area contributed by atoms with Crippen LogP contribution in [0.3, 0.4) is 0 Å². The third-order valence-electron chi connectivity index (χ3n) is 3.63. The number of halogens is 2. The van der Waals surface area contributed by atoms with Crippen molar-refractivity contribution in [3.8, 4) is 0 Å². The second-order valence-electron chi connectivity index (χ2n) is 5.00. The first kappa shape index (κ1) is 15.3. The smallest absolute Gasteiger partial charge is 0.326 e. The molecule has 1 aliphatic rings. The molecule has 1 aliphatic heterocycles. The highest BCUT2D eigenvalue weighted by molar-refractivity contribution is 9.10.